The number of hydrogen-bond acceptors (Lipinski definition) is 2. The van der Waals surface area contributed by atoms with Crippen molar-refractivity contribution in [3.8, 4) is 0 Å². The maximum Gasteiger partial charge on any atom is 0.0614 e. The maximum absolute atomic E-state index is 8.69. The third-order valence-corrected chi connectivity index (χ3v) is 2.27. The van der Waals surface area contributed by atoms with Gasteiger partial charge in [-0.1, -0.05) is 42.4 Å². The van der Waals surface area contributed by atoms with Gasteiger partial charge in [0.15, 0.2) is 0 Å². The van der Waals surface area contributed by atoms with E-state index >= 15 is 0 Å². The van der Waals surface area contributed by atoms with E-state index in [1.165, 1.54) is 5.56 Å². The molecule has 1 rings (SSSR count). The van der Waals surface area contributed by atoms with Crippen molar-refractivity contribution < 1.29 is 5.21 Å². The van der Waals surface area contributed by atoms with Crippen molar-refractivity contribution >= 4 is 5.71 Å². The molecule has 0 aliphatic rings. The summed E-state index contributed by atoms with van der Waals surface area (Å²) in [5.41, 5.74) is 1.98. The van der Waals surface area contributed by atoms with Gasteiger partial charge in [-0.3, -0.25) is 0 Å². The Hall–Kier alpha value is -1.31. The van der Waals surface area contributed by atoms with Gasteiger partial charge in [0, 0.05) is 5.92 Å². The number of benzene rings is 1. The van der Waals surface area contributed by atoms with Crippen molar-refractivity contribution in [3.63, 3.8) is 0 Å². The fraction of sp³-hybridized carbons (Fsp3) is 0.364. The van der Waals surface area contributed by atoms with Crippen molar-refractivity contribution in [2.24, 2.45) is 5.16 Å². The van der Waals surface area contributed by atoms with E-state index in [2.05, 4.69) is 24.2 Å². The molecule has 0 fully saturated rings. The van der Waals surface area contributed by atoms with Gasteiger partial charge in [0.05, 0.1) is 5.71 Å². The maximum atomic E-state index is 8.69. The summed E-state index contributed by atoms with van der Waals surface area (Å²) in [6, 6.07) is 10.1. The molecule has 0 heterocycles. The molecule has 1 aromatic carbocycles. The van der Waals surface area contributed by atoms with E-state index < -0.39 is 0 Å². The predicted molar refractivity (Wildman–Crippen MR) is 54.4 cm³/mol. The van der Waals surface area contributed by atoms with Crippen molar-refractivity contribution in [1.82, 2.24) is 0 Å². The standard InChI is InChI=1S/C11H15NO/c1-3-11(9(2)12-13)10-7-5-4-6-8-10/h4-8,11,13H,3H2,1-2H3. The molecule has 1 aromatic rings. The highest BCUT2D eigenvalue weighted by Gasteiger charge is 2.11. The van der Waals surface area contributed by atoms with Crippen LogP contribution in [0.4, 0.5) is 0 Å². The van der Waals surface area contributed by atoms with Crippen molar-refractivity contribution in [2.45, 2.75) is 26.2 Å². The molecule has 0 aliphatic carbocycles. The monoisotopic (exact) mass is 177 g/mol. The normalized spacial score (nSPS) is 14.2. The van der Waals surface area contributed by atoms with Crippen LogP contribution in [0.25, 0.3) is 0 Å². The fourth-order valence-electron chi connectivity index (χ4n) is 1.53. The SMILES string of the molecule is CCC(C(C)=NO)c1ccccc1. The van der Waals surface area contributed by atoms with Crippen LogP contribution in [-0.2, 0) is 0 Å². The topological polar surface area (TPSA) is 32.6 Å². The number of rotatable bonds is 3. The predicted octanol–water partition coefficient (Wildman–Crippen LogP) is 3.03. The Morgan fingerprint density at radius 1 is 1.38 bits per heavy atom. The molecule has 70 valence electrons. The van der Waals surface area contributed by atoms with Crippen LogP contribution in [0.5, 0.6) is 0 Å². The van der Waals surface area contributed by atoms with E-state index in [1.54, 1.807) is 0 Å². The summed E-state index contributed by atoms with van der Waals surface area (Å²) in [6.07, 6.45) is 0.958. The first kappa shape index (κ1) is 9.78. The Balaban J connectivity index is 2.91. The summed E-state index contributed by atoms with van der Waals surface area (Å²) in [5, 5.41) is 11.9. The van der Waals surface area contributed by atoms with E-state index in [0.29, 0.717) is 0 Å². The van der Waals surface area contributed by atoms with Gasteiger partial charge in [-0.2, -0.15) is 0 Å². The van der Waals surface area contributed by atoms with Gasteiger partial charge >= 0.3 is 0 Å². The molecule has 0 saturated heterocycles. The lowest BCUT2D eigenvalue weighted by Crippen LogP contribution is -2.07. The molecule has 0 aromatic heterocycles. The minimum atomic E-state index is 0.242. The first-order valence-corrected chi connectivity index (χ1v) is 4.53. The first-order valence-electron chi connectivity index (χ1n) is 4.53. The fourth-order valence-corrected chi connectivity index (χ4v) is 1.53. The van der Waals surface area contributed by atoms with Gasteiger partial charge in [-0.05, 0) is 18.9 Å². The van der Waals surface area contributed by atoms with E-state index in [1.807, 2.05) is 25.1 Å². The van der Waals surface area contributed by atoms with Gasteiger partial charge in [-0.25, -0.2) is 0 Å². The average Bonchev–Trinajstić information content (AvgIpc) is 2.20. The Morgan fingerprint density at radius 2 is 2.00 bits per heavy atom. The molecule has 0 bridgehead atoms. The van der Waals surface area contributed by atoms with Gasteiger partial charge in [0.2, 0.25) is 0 Å². The summed E-state index contributed by atoms with van der Waals surface area (Å²) in [5.74, 6) is 0.242. The zero-order valence-electron chi connectivity index (χ0n) is 8.07. The van der Waals surface area contributed by atoms with E-state index in [-0.39, 0.29) is 5.92 Å². The quantitative estimate of drug-likeness (QED) is 0.429. The van der Waals surface area contributed by atoms with Crippen molar-refractivity contribution in [3.05, 3.63) is 35.9 Å². The third kappa shape index (κ3) is 2.31. The lowest BCUT2D eigenvalue weighted by atomic mass is 9.93. The van der Waals surface area contributed by atoms with Gasteiger partial charge in [0.25, 0.3) is 0 Å². The summed E-state index contributed by atoms with van der Waals surface area (Å²) in [6.45, 7) is 3.94. The zero-order chi connectivity index (χ0) is 9.68. The Bertz CT molecular complexity index is 279. The number of oxime groups is 1. The van der Waals surface area contributed by atoms with Crippen LogP contribution >= 0.6 is 0 Å². The minimum Gasteiger partial charge on any atom is -0.411 e. The molecule has 0 amide bonds. The molecule has 13 heavy (non-hydrogen) atoms. The third-order valence-electron chi connectivity index (χ3n) is 2.27. The van der Waals surface area contributed by atoms with Crippen LogP contribution in [0.1, 0.15) is 31.7 Å². The van der Waals surface area contributed by atoms with Crippen LogP contribution in [0.2, 0.25) is 0 Å². The van der Waals surface area contributed by atoms with Gasteiger partial charge < -0.3 is 5.21 Å². The number of nitrogens with zero attached hydrogens (tertiary/aromatic N) is 1. The van der Waals surface area contributed by atoms with E-state index in [4.69, 9.17) is 5.21 Å². The summed E-state index contributed by atoms with van der Waals surface area (Å²) < 4.78 is 0. The highest BCUT2D eigenvalue weighted by Crippen LogP contribution is 2.20. The van der Waals surface area contributed by atoms with Crippen molar-refractivity contribution in [1.29, 1.82) is 0 Å². The number of hydrogen-bond donors (Lipinski definition) is 1. The molecule has 2 nitrogen and oxygen atoms in total. The van der Waals surface area contributed by atoms with Gasteiger partial charge in [-0.15, -0.1) is 0 Å². The Labute approximate surface area is 78.9 Å². The molecule has 0 radical (unpaired) electrons. The zero-order valence-corrected chi connectivity index (χ0v) is 8.07. The molecule has 0 spiro atoms. The summed E-state index contributed by atoms with van der Waals surface area (Å²) >= 11 is 0. The molecule has 1 N–H and O–H groups in total. The van der Waals surface area contributed by atoms with Crippen LogP contribution in [-0.4, -0.2) is 10.9 Å². The largest absolute Gasteiger partial charge is 0.411 e. The molecular formula is C11H15NO. The molecule has 0 aliphatic heterocycles. The van der Waals surface area contributed by atoms with Crippen LogP contribution in [0.3, 0.4) is 0 Å². The lowest BCUT2D eigenvalue weighted by Gasteiger charge is -2.13. The van der Waals surface area contributed by atoms with Crippen LogP contribution in [0, 0.1) is 0 Å². The highest BCUT2D eigenvalue weighted by molar-refractivity contribution is 5.88. The molecule has 2 heteroatoms. The summed E-state index contributed by atoms with van der Waals surface area (Å²) in [4.78, 5) is 0. The highest BCUT2D eigenvalue weighted by atomic mass is 16.4. The second-order valence-electron chi connectivity index (χ2n) is 3.11. The second-order valence-corrected chi connectivity index (χ2v) is 3.11. The van der Waals surface area contributed by atoms with E-state index in [9.17, 15) is 0 Å². The molecule has 0 saturated carbocycles. The van der Waals surface area contributed by atoms with E-state index in [0.717, 1.165) is 12.1 Å². The average molecular weight is 177 g/mol. The lowest BCUT2D eigenvalue weighted by molar-refractivity contribution is 0.316. The van der Waals surface area contributed by atoms with Gasteiger partial charge in [0.1, 0.15) is 0 Å². The van der Waals surface area contributed by atoms with Crippen LogP contribution < -0.4 is 0 Å². The second kappa shape index (κ2) is 4.65. The summed E-state index contributed by atoms with van der Waals surface area (Å²) in [7, 11) is 0. The minimum absolute atomic E-state index is 0.242. The van der Waals surface area contributed by atoms with Crippen LogP contribution in [0.15, 0.2) is 35.5 Å². The molecule has 1 atom stereocenters. The molecular weight excluding hydrogens is 162 g/mol. The Kier molecular flexibility index (Phi) is 3.50. The molecule has 1 unspecified atom stereocenters. The van der Waals surface area contributed by atoms with Crippen molar-refractivity contribution in [2.75, 3.05) is 0 Å². The first-order chi connectivity index (χ1) is 6.29. The smallest absolute Gasteiger partial charge is 0.0614 e. The Morgan fingerprint density at radius 3 is 2.46 bits per heavy atom.